The number of benzene rings is 1. The zero-order chi connectivity index (χ0) is 10.8. The fourth-order valence-electron chi connectivity index (χ4n) is 1.95. The maximum Gasteiger partial charge on any atom is 0.150 e. The molecule has 1 aliphatic rings. The summed E-state index contributed by atoms with van der Waals surface area (Å²) >= 11 is 5.77. The molecule has 0 atom stereocenters. The van der Waals surface area contributed by atoms with Crippen molar-refractivity contribution in [3.05, 3.63) is 28.8 Å². The van der Waals surface area contributed by atoms with E-state index in [4.69, 9.17) is 11.6 Å². The van der Waals surface area contributed by atoms with Crippen LogP contribution >= 0.6 is 11.6 Å². The van der Waals surface area contributed by atoms with Crippen LogP contribution in [0.3, 0.4) is 0 Å². The topological polar surface area (TPSA) is 12.0 Å². The Bertz CT molecular complexity index is 339. The van der Waals surface area contributed by atoms with E-state index in [1.54, 1.807) is 0 Å². The molecule has 1 aromatic rings. The summed E-state index contributed by atoms with van der Waals surface area (Å²) in [4.78, 5) is 0. The summed E-state index contributed by atoms with van der Waals surface area (Å²) in [7, 11) is 0. The van der Waals surface area contributed by atoms with Gasteiger partial charge >= 0.3 is 0 Å². The first-order valence-corrected chi connectivity index (χ1v) is 5.45. The van der Waals surface area contributed by atoms with Crippen molar-refractivity contribution in [3.8, 4) is 0 Å². The van der Waals surface area contributed by atoms with Crippen molar-refractivity contribution >= 4 is 17.3 Å². The quantitative estimate of drug-likeness (QED) is 0.812. The Morgan fingerprint density at radius 2 is 1.87 bits per heavy atom. The minimum absolute atomic E-state index is 0.111. The van der Waals surface area contributed by atoms with Gasteiger partial charge in [0.1, 0.15) is 5.82 Å². The number of hydrogen-bond acceptors (Lipinski definition) is 1. The molecule has 15 heavy (non-hydrogen) atoms. The molecule has 1 aliphatic carbocycles. The molecule has 1 aromatic carbocycles. The van der Waals surface area contributed by atoms with Gasteiger partial charge in [0, 0.05) is 12.1 Å². The molecule has 1 saturated carbocycles. The van der Waals surface area contributed by atoms with Crippen molar-refractivity contribution in [1.29, 1.82) is 0 Å². The third-order valence-corrected chi connectivity index (χ3v) is 3.01. The standard InChI is InChI=1S/C11H12ClF2N/c12-9-5-7(13)6-10(14)11(9)15-8-3-1-2-4-8/h5-6,8,15H,1-4H2. The molecular formula is C11H12ClF2N. The van der Waals surface area contributed by atoms with Gasteiger partial charge in [0.25, 0.3) is 0 Å². The molecule has 0 unspecified atom stereocenters. The number of halogens is 3. The van der Waals surface area contributed by atoms with Gasteiger partial charge in [-0.2, -0.15) is 0 Å². The molecule has 82 valence electrons. The van der Waals surface area contributed by atoms with Gasteiger partial charge in [-0.25, -0.2) is 8.78 Å². The Hall–Kier alpha value is -0.830. The molecule has 1 fully saturated rings. The van der Waals surface area contributed by atoms with Crippen molar-refractivity contribution < 1.29 is 8.78 Å². The van der Waals surface area contributed by atoms with Gasteiger partial charge in [-0.3, -0.25) is 0 Å². The van der Waals surface area contributed by atoms with Gasteiger partial charge in [-0.05, 0) is 18.9 Å². The number of rotatable bonds is 2. The van der Waals surface area contributed by atoms with Crippen LogP contribution in [0.25, 0.3) is 0 Å². The number of hydrogen-bond donors (Lipinski definition) is 1. The third kappa shape index (κ3) is 2.40. The average Bonchev–Trinajstić information content (AvgIpc) is 2.63. The van der Waals surface area contributed by atoms with Crippen LogP contribution in [0.2, 0.25) is 5.02 Å². The second kappa shape index (κ2) is 4.35. The maximum absolute atomic E-state index is 13.4. The van der Waals surface area contributed by atoms with E-state index in [9.17, 15) is 8.78 Å². The van der Waals surface area contributed by atoms with Gasteiger partial charge in [0.15, 0.2) is 5.82 Å². The fraction of sp³-hybridized carbons (Fsp3) is 0.455. The normalized spacial score (nSPS) is 17.0. The van der Waals surface area contributed by atoms with E-state index in [-0.39, 0.29) is 16.8 Å². The largest absolute Gasteiger partial charge is 0.379 e. The Balaban J connectivity index is 2.19. The number of anilines is 1. The average molecular weight is 232 g/mol. The summed E-state index contributed by atoms with van der Waals surface area (Å²) < 4.78 is 26.1. The monoisotopic (exact) mass is 231 g/mol. The van der Waals surface area contributed by atoms with Crippen molar-refractivity contribution in [2.75, 3.05) is 5.32 Å². The van der Waals surface area contributed by atoms with Crippen molar-refractivity contribution in [2.45, 2.75) is 31.7 Å². The summed E-state index contributed by atoms with van der Waals surface area (Å²) in [6.45, 7) is 0. The lowest BCUT2D eigenvalue weighted by molar-refractivity contribution is 0.582. The van der Waals surface area contributed by atoms with Crippen molar-refractivity contribution in [3.63, 3.8) is 0 Å². The summed E-state index contributed by atoms with van der Waals surface area (Å²) in [5, 5.41) is 3.14. The second-order valence-electron chi connectivity index (χ2n) is 3.87. The molecule has 1 N–H and O–H groups in total. The van der Waals surface area contributed by atoms with Crippen LogP contribution in [-0.4, -0.2) is 6.04 Å². The minimum atomic E-state index is -0.644. The molecule has 4 heteroatoms. The molecule has 0 aliphatic heterocycles. The fourth-order valence-corrected chi connectivity index (χ4v) is 2.20. The first-order chi connectivity index (χ1) is 7.16. The van der Waals surface area contributed by atoms with Gasteiger partial charge in [-0.1, -0.05) is 24.4 Å². The van der Waals surface area contributed by atoms with Crippen LogP contribution in [0.1, 0.15) is 25.7 Å². The summed E-state index contributed by atoms with van der Waals surface area (Å²) in [6, 6.07) is 2.24. The second-order valence-corrected chi connectivity index (χ2v) is 4.28. The molecule has 0 amide bonds. The lowest BCUT2D eigenvalue weighted by Gasteiger charge is -2.15. The zero-order valence-electron chi connectivity index (χ0n) is 8.19. The SMILES string of the molecule is Fc1cc(F)c(NC2CCCC2)c(Cl)c1. The first-order valence-electron chi connectivity index (χ1n) is 5.08. The van der Waals surface area contributed by atoms with Gasteiger partial charge in [0.05, 0.1) is 10.7 Å². The predicted molar refractivity (Wildman–Crippen MR) is 57.2 cm³/mol. The molecule has 1 nitrogen and oxygen atoms in total. The van der Waals surface area contributed by atoms with Crippen LogP contribution in [0.5, 0.6) is 0 Å². The van der Waals surface area contributed by atoms with E-state index in [0.717, 1.165) is 37.8 Å². The molecular weight excluding hydrogens is 220 g/mol. The first kappa shape index (κ1) is 10.7. The van der Waals surface area contributed by atoms with Gasteiger partial charge in [-0.15, -0.1) is 0 Å². The van der Waals surface area contributed by atoms with Crippen molar-refractivity contribution in [1.82, 2.24) is 0 Å². The molecule has 0 heterocycles. The number of nitrogens with one attached hydrogen (secondary N) is 1. The highest BCUT2D eigenvalue weighted by Crippen LogP contribution is 2.30. The molecule has 0 spiro atoms. The Kier molecular flexibility index (Phi) is 3.10. The van der Waals surface area contributed by atoms with E-state index in [1.807, 2.05) is 0 Å². The molecule has 0 bridgehead atoms. The van der Waals surface area contributed by atoms with E-state index in [0.29, 0.717) is 0 Å². The smallest absolute Gasteiger partial charge is 0.150 e. The van der Waals surface area contributed by atoms with Crippen LogP contribution < -0.4 is 5.32 Å². The molecule has 0 radical (unpaired) electrons. The van der Waals surface area contributed by atoms with Gasteiger partial charge in [0.2, 0.25) is 0 Å². The summed E-state index contributed by atoms with van der Waals surface area (Å²) in [6.07, 6.45) is 4.34. The summed E-state index contributed by atoms with van der Waals surface area (Å²) in [5.41, 5.74) is 0.227. The van der Waals surface area contributed by atoms with E-state index in [1.165, 1.54) is 0 Å². The van der Waals surface area contributed by atoms with E-state index < -0.39 is 11.6 Å². The lowest BCUT2D eigenvalue weighted by atomic mass is 10.2. The van der Waals surface area contributed by atoms with Crippen LogP contribution in [0.15, 0.2) is 12.1 Å². The summed E-state index contributed by atoms with van der Waals surface area (Å²) in [5.74, 6) is -1.26. The zero-order valence-corrected chi connectivity index (χ0v) is 8.95. The Labute approximate surface area is 92.4 Å². The Morgan fingerprint density at radius 1 is 1.20 bits per heavy atom. The van der Waals surface area contributed by atoms with Crippen molar-refractivity contribution in [2.24, 2.45) is 0 Å². The highest BCUT2D eigenvalue weighted by molar-refractivity contribution is 6.33. The molecule has 2 rings (SSSR count). The third-order valence-electron chi connectivity index (χ3n) is 2.71. The van der Waals surface area contributed by atoms with Crippen LogP contribution in [0, 0.1) is 11.6 Å². The van der Waals surface area contributed by atoms with E-state index in [2.05, 4.69) is 5.32 Å². The van der Waals surface area contributed by atoms with Crippen LogP contribution in [-0.2, 0) is 0 Å². The maximum atomic E-state index is 13.4. The predicted octanol–water partition coefficient (Wildman–Crippen LogP) is 3.97. The van der Waals surface area contributed by atoms with E-state index >= 15 is 0 Å². The molecule has 0 saturated heterocycles. The Morgan fingerprint density at radius 3 is 2.47 bits per heavy atom. The van der Waals surface area contributed by atoms with Crippen LogP contribution in [0.4, 0.5) is 14.5 Å². The lowest BCUT2D eigenvalue weighted by Crippen LogP contribution is -2.16. The minimum Gasteiger partial charge on any atom is -0.379 e. The molecule has 0 aromatic heterocycles. The highest BCUT2D eigenvalue weighted by atomic mass is 35.5. The highest BCUT2D eigenvalue weighted by Gasteiger charge is 2.18. The van der Waals surface area contributed by atoms with Gasteiger partial charge < -0.3 is 5.32 Å².